The zero-order valence-electron chi connectivity index (χ0n) is 42.1. The predicted molar refractivity (Wildman–Crippen MR) is 305 cm³/mol. The van der Waals surface area contributed by atoms with E-state index in [-0.39, 0.29) is 10.8 Å². The number of hydrogen-bond donors (Lipinski definition) is 0. The molecule has 1 aliphatic rings. The normalized spacial score (nSPS) is 12.7. The standard InChI is InChI=1S/C67H55N5O/c1-66(2,3)46-32-34-69-63(39-46)72-59-28-15-14-24-55(59)56-31-30-48(40-61(56)72)73-49-33-35-68-62(41-49)70-42-71-64-50(45-36-44(43-18-8-7-9-19-43)37-47(38-45)67(4,5)6)25-16-26-57(64)53-22-12-10-20-51(53)52-21-11-13-23-54(52)58-27-17-29-60(70)65(58)71/h7-41H,42H2,1-6H3. The zero-order valence-corrected chi connectivity index (χ0v) is 42.1. The van der Waals surface area contributed by atoms with E-state index in [1.807, 2.05) is 18.5 Å². The second kappa shape index (κ2) is 17.0. The van der Waals surface area contributed by atoms with E-state index in [0.717, 1.165) is 50.5 Å². The molecular weight excluding hydrogens is 891 g/mol. The molecule has 5 heterocycles. The van der Waals surface area contributed by atoms with E-state index in [4.69, 9.17) is 14.7 Å². The summed E-state index contributed by atoms with van der Waals surface area (Å²) < 4.78 is 11.7. The summed E-state index contributed by atoms with van der Waals surface area (Å²) in [5.74, 6) is 3.11. The molecule has 1 aliphatic heterocycles. The fraction of sp³-hybridized carbons (Fsp3) is 0.134. The highest BCUT2D eigenvalue weighted by Gasteiger charge is 2.27. The predicted octanol–water partition coefficient (Wildman–Crippen LogP) is 17.9. The molecule has 0 saturated heterocycles. The Kier molecular flexibility index (Phi) is 10.3. The van der Waals surface area contributed by atoms with Crippen LogP contribution in [-0.4, -0.2) is 19.1 Å². The molecule has 73 heavy (non-hydrogen) atoms. The summed E-state index contributed by atoms with van der Waals surface area (Å²) in [4.78, 5) is 12.4. The summed E-state index contributed by atoms with van der Waals surface area (Å²) in [5.41, 5.74) is 12.7. The van der Waals surface area contributed by atoms with Gasteiger partial charge in [0.25, 0.3) is 0 Å². The molecule has 0 saturated carbocycles. The highest BCUT2D eigenvalue weighted by molar-refractivity contribution is 6.22. The van der Waals surface area contributed by atoms with Crippen LogP contribution in [0.25, 0.3) is 93.2 Å². The van der Waals surface area contributed by atoms with Crippen LogP contribution in [0.1, 0.15) is 52.7 Å². The summed E-state index contributed by atoms with van der Waals surface area (Å²) in [5, 5.41) is 9.44. The highest BCUT2D eigenvalue weighted by atomic mass is 16.5. The summed E-state index contributed by atoms with van der Waals surface area (Å²) in [6.07, 6.45) is 3.79. The van der Waals surface area contributed by atoms with E-state index in [0.29, 0.717) is 12.4 Å². The van der Waals surface area contributed by atoms with Gasteiger partial charge in [0.05, 0.1) is 27.8 Å². The fourth-order valence-electron chi connectivity index (χ4n) is 11.1. The van der Waals surface area contributed by atoms with Crippen LogP contribution in [-0.2, 0) is 17.5 Å². The summed E-state index contributed by atoms with van der Waals surface area (Å²) >= 11 is 0. The molecule has 0 atom stereocenters. The van der Waals surface area contributed by atoms with Crippen molar-refractivity contribution in [2.75, 3.05) is 4.90 Å². The Bertz CT molecular complexity index is 4240. The van der Waals surface area contributed by atoms with E-state index in [9.17, 15) is 0 Å². The van der Waals surface area contributed by atoms with Crippen LogP contribution >= 0.6 is 0 Å². The van der Waals surface area contributed by atoms with Crippen molar-refractivity contribution in [3.8, 4) is 39.6 Å². The average molecular weight is 946 g/mol. The Balaban J connectivity index is 1.01. The number of aromatic nitrogens is 4. The van der Waals surface area contributed by atoms with E-state index in [1.54, 1.807) is 0 Å². The molecular formula is C67H55N5O. The minimum Gasteiger partial charge on any atom is -0.457 e. The van der Waals surface area contributed by atoms with Gasteiger partial charge in [-0.15, -0.1) is 0 Å². The second-order valence-electron chi connectivity index (χ2n) is 21.5. The number of anilines is 2. The van der Waals surface area contributed by atoms with Gasteiger partial charge in [-0.1, -0.05) is 181 Å². The summed E-state index contributed by atoms with van der Waals surface area (Å²) in [6, 6.07) is 72.6. The number of rotatable bonds is 6. The lowest BCUT2D eigenvalue weighted by Crippen LogP contribution is -2.16. The van der Waals surface area contributed by atoms with E-state index >= 15 is 0 Å². The summed E-state index contributed by atoms with van der Waals surface area (Å²) in [7, 11) is 0. The average Bonchev–Trinajstić information content (AvgIpc) is 3.97. The largest absolute Gasteiger partial charge is 0.457 e. The van der Waals surface area contributed by atoms with Gasteiger partial charge < -0.3 is 14.2 Å². The van der Waals surface area contributed by atoms with Crippen molar-refractivity contribution in [2.45, 2.75) is 59.0 Å². The molecule has 0 bridgehead atoms. The van der Waals surface area contributed by atoms with Crippen molar-refractivity contribution in [1.29, 1.82) is 0 Å². The van der Waals surface area contributed by atoms with Crippen LogP contribution in [0.3, 0.4) is 0 Å². The first-order chi connectivity index (χ1) is 35.5. The Hall–Kier alpha value is -8.74. The minimum absolute atomic E-state index is 0.0278. The number of hydrogen-bond acceptors (Lipinski definition) is 4. The van der Waals surface area contributed by atoms with Crippen LogP contribution in [0.4, 0.5) is 11.5 Å². The van der Waals surface area contributed by atoms with Crippen LogP contribution in [0.5, 0.6) is 11.5 Å². The van der Waals surface area contributed by atoms with Crippen molar-refractivity contribution in [1.82, 2.24) is 19.1 Å². The third-order valence-electron chi connectivity index (χ3n) is 14.8. The van der Waals surface area contributed by atoms with Gasteiger partial charge in [-0.25, -0.2) is 9.97 Å². The monoisotopic (exact) mass is 945 g/mol. The van der Waals surface area contributed by atoms with Crippen molar-refractivity contribution < 1.29 is 4.74 Å². The number of ether oxygens (including phenoxy) is 1. The van der Waals surface area contributed by atoms with Crippen molar-refractivity contribution >= 4 is 76.7 Å². The lowest BCUT2D eigenvalue weighted by molar-refractivity contribution is 0.482. The molecule has 0 fully saturated rings. The Morgan fingerprint density at radius 2 is 0.973 bits per heavy atom. The van der Waals surface area contributed by atoms with Gasteiger partial charge in [0, 0.05) is 51.6 Å². The van der Waals surface area contributed by atoms with Gasteiger partial charge >= 0.3 is 0 Å². The molecule has 0 spiro atoms. The molecule has 0 amide bonds. The van der Waals surface area contributed by atoms with E-state index in [2.05, 4.69) is 250 Å². The second-order valence-corrected chi connectivity index (χ2v) is 21.5. The van der Waals surface area contributed by atoms with Gasteiger partial charge in [0.2, 0.25) is 0 Å². The molecule has 354 valence electrons. The maximum atomic E-state index is 6.88. The molecule has 6 nitrogen and oxygen atoms in total. The molecule has 0 unspecified atom stereocenters. The number of para-hydroxylation sites is 3. The molecule has 4 aromatic heterocycles. The highest BCUT2D eigenvalue weighted by Crippen LogP contribution is 2.46. The van der Waals surface area contributed by atoms with Crippen molar-refractivity contribution in [3.05, 3.63) is 224 Å². The number of nitrogens with zero attached hydrogens (tertiary/aromatic N) is 5. The molecule has 0 radical (unpaired) electrons. The topological polar surface area (TPSA) is 48.1 Å². The maximum absolute atomic E-state index is 6.88. The third kappa shape index (κ3) is 7.56. The smallest absolute Gasteiger partial charge is 0.138 e. The minimum atomic E-state index is -0.0864. The van der Waals surface area contributed by atoms with Gasteiger partial charge in [-0.2, -0.15) is 0 Å². The lowest BCUT2D eigenvalue weighted by Gasteiger charge is -2.23. The van der Waals surface area contributed by atoms with Gasteiger partial charge in [-0.3, -0.25) is 4.57 Å². The third-order valence-corrected chi connectivity index (χ3v) is 14.8. The van der Waals surface area contributed by atoms with Crippen molar-refractivity contribution in [3.63, 3.8) is 0 Å². The quantitative estimate of drug-likeness (QED) is 0.167. The molecule has 12 aromatic rings. The van der Waals surface area contributed by atoms with Crippen LogP contribution < -0.4 is 9.64 Å². The molecule has 0 aliphatic carbocycles. The fourth-order valence-corrected chi connectivity index (χ4v) is 11.1. The van der Waals surface area contributed by atoms with Gasteiger partial charge in [-0.05, 0) is 109 Å². The first kappa shape index (κ1) is 44.2. The number of benzene rings is 8. The van der Waals surface area contributed by atoms with Crippen LogP contribution in [0, 0.1) is 0 Å². The Morgan fingerprint density at radius 3 is 1.70 bits per heavy atom. The summed E-state index contributed by atoms with van der Waals surface area (Å²) in [6.45, 7) is 14.2. The van der Waals surface area contributed by atoms with Gasteiger partial charge in [0.1, 0.15) is 29.8 Å². The molecule has 6 heteroatoms. The van der Waals surface area contributed by atoms with Crippen molar-refractivity contribution in [2.24, 2.45) is 0 Å². The zero-order chi connectivity index (χ0) is 49.6. The molecule has 13 rings (SSSR count). The van der Waals surface area contributed by atoms with E-state index < -0.39 is 0 Å². The molecule has 8 aromatic carbocycles. The van der Waals surface area contributed by atoms with Gasteiger partial charge in [0.15, 0.2) is 0 Å². The number of fused-ring (bicyclic) bond motifs is 10. The first-order valence-corrected chi connectivity index (χ1v) is 25.3. The first-order valence-electron chi connectivity index (χ1n) is 25.3. The Labute approximate surface area is 425 Å². The van der Waals surface area contributed by atoms with Crippen LogP contribution in [0.15, 0.2) is 213 Å². The Morgan fingerprint density at radius 1 is 0.397 bits per heavy atom. The lowest BCUT2D eigenvalue weighted by atomic mass is 9.83. The SMILES string of the molecule is CC(C)(C)c1cc(-c2ccccc2)cc(-c2cccc3c4ccccc4c4ccccc4c4cccc5c4n(c23)CN5c2cc(Oc3ccc4c5ccccc5n(-c5cc(C(C)(C)C)ccn5)c4c3)ccn2)c1. The molecule has 0 N–H and O–H groups in total. The van der Waals surface area contributed by atoms with Crippen LogP contribution in [0.2, 0.25) is 0 Å². The van der Waals surface area contributed by atoms with E-state index in [1.165, 1.54) is 71.1 Å². The number of pyridine rings is 2. The maximum Gasteiger partial charge on any atom is 0.138 e.